The van der Waals surface area contributed by atoms with Gasteiger partial charge in [0.1, 0.15) is 6.04 Å². The third kappa shape index (κ3) is 3.16. The fourth-order valence-electron chi connectivity index (χ4n) is 3.64. The molecule has 4 nitrogen and oxygen atoms in total. The van der Waals surface area contributed by atoms with E-state index in [1.165, 1.54) is 17.0 Å². The summed E-state index contributed by atoms with van der Waals surface area (Å²) in [5, 5.41) is 0.527. The standard InChI is InChI=1S/C16H19ClN2O2S/c1-2-12-11-19-8-7-13(12)9-15(19)10-18-22(20,21)16-5-3-14(17)4-6-16/h1,3-6,12-13,15,18H,7-11H2/p+1/t12-,13-,15+/m0/s1. The van der Waals surface area contributed by atoms with Crippen LogP contribution in [0.15, 0.2) is 29.2 Å². The largest absolute Gasteiger partial charge is 0.330 e. The molecular formula is C16H20ClN2O2S+. The minimum Gasteiger partial charge on any atom is -0.330 e. The summed E-state index contributed by atoms with van der Waals surface area (Å²) in [4.78, 5) is 1.69. The Morgan fingerprint density at radius 3 is 2.68 bits per heavy atom. The van der Waals surface area contributed by atoms with Crippen molar-refractivity contribution in [3.8, 4) is 12.3 Å². The summed E-state index contributed by atoms with van der Waals surface area (Å²) in [5.41, 5.74) is 0. The number of nitrogens with one attached hydrogen (secondary N) is 2. The molecule has 0 radical (unpaired) electrons. The SMILES string of the molecule is C#C[C@H]1C[NH+]2CC[C@H]1C[C@@H]2CNS(=O)(=O)c1ccc(Cl)cc1. The average Bonchev–Trinajstić information content (AvgIpc) is 2.54. The van der Waals surface area contributed by atoms with Crippen molar-refractivity contribution in [2.45, 2.75) is 23.8 Å². The summed E-state index contributed by atoms with van der Waals surface area (Å²) in [6.45, 7) is 2.53. The molecule has 6 heteroatoms. The van der Waals surface area contributed by atoms with E-state index in [9.17, 15) is 8.42 Å². The van der Waals surface area contributed by atoms with E-state index >= 15 is 0 Å². The predicted octanol–water partition coefficient (Wildman–Crippen LogP) is 0.545. The topological polar surface area (TPSA) is 50.6 Å². The highest BCUT2D eigenvalue weighted by Gasteiger charge is 2.42. The lowest BCUT2D eigenvalue weighted by Gasteiger charge is -2.45. The molecule has 3 aliphatic rings. The second kappa shape index (κ2) is 6.21. The van der Waals surface area contributed by atoms with Crippen LogP contribution in [0.25, 0.3) is 0 Å². The van der Waals surface area contributed by atoms with Crippen LogP contribution in [-0.2, 0) is 10.0 Å². The Balaban J connectivity index is 1.63. The molecule has 0 spiro atoms. The number of hydrogen-bond acceptors (Lipinski definition) is 2. The second-order valence-electron chi connectivity index (χ2n) is 6.17. The molecule has 3 heterocycles. The van der Waals surface area contributed by atoms with Gasteiger partial charge in [-0.2, -0.15) is 0 Å². The number of sulfonamides is 1. The molecule has 3 saturated heterocycles. The first-order valence-corrected chi connectivity index (χ1v) is 9.41. The number of benzene rings is 1. The first-order chi connectivity index (χ1) is 10.5. The van der Waals surface area contributed by atoms with Crippen LogP contribution in [0.4, 0.5) is 0 Å². The number of terminal acetylenes is 1. The fourth-order valence-corrected chi connectivity index (χ4v) is 4.85. The molecule has 3 aliphatic heterocycles. The van der Waals surface area contributed by atoms with Gasteiger partial charge in [-0.1, -0.05) is 17.5 Å². The molecular weight excluding hydrogens is 320 g/mol. The quantitative estimate of drug-likeness (QED) is 0.787. The highest BCUT2D eigenvalue weighted by atomic mass is 35.5. The van der Waals surface area contributed by atoms with Gasteiger partial charge in [0.2, 0.25) is 10.0 Å². The summed E-state index contributed by atoms with van der Waals surface area (Å²) in [6, 6.07) is 6.55. The van der Waals surface area contributed by atoms with Crippen molar-refractivity contribution in [2.75, 3.05) is 19.6 Å². The van der Waals surface area contributed by atoms with E-state index in [0.717, 1.165) is 25.9 Å². The molecule has 0 saturated carbocycles. The Kier molecular flexibility index (Phi) is 4.47. The lowest BCUT2D eigenvalue weighted by Crippen LogP contribution is -3.20. The van der Waals surface area contributed by atoms with Crippen molar-refractivity contribution in [3.63, 3.8) is 0 Å². The average molecular weight is 340 g/mol. The van der Waals surface area contributed by atoms with Crippen LogP contribution >= 0.6 is 11.6 Å². The first-order valence-electron chi connectivity index (χ1n) is 7.55. The van der Waals surface area contributed by atoms with E-state index in [1.54, 1.807) is 12.1 Å². The highest BCUT2D eigenvalue weighted by molar-refractivity contribution is 7.89. The molecule has 3 fully saturated rings. The third-order valence-corrected chi connectivity index (χ3v) is 6.60. The smallest absolute Gasteiger partial charge is 0.240 e. The molecule has 2 bridgehead atoms. The van der Waals surface area contributed by atoms with Gasteiger partial charge in [0.05, 0.1) is 30.4 Å². The molecule has 22 heavy (non-hydrogen) atoms. The molecule has 0 aromatic heterocycles. The van der Waals surface area contributed by atoms with Gasteiger partial charge in [0.15, 0.2) is 0 Å². The van der Waals surface area contributed by atoms with Crippen LogP contribution in [0.3, 0.4) is 0 Å². The minimum atomic E-state index is -3.47. The third-order valence-electron chi connectivity index (χ3n) is 4.91. The summed E-state index contributed by atoms with van der Waals surface area (Å²) in [6.07, 6.45) is 7.75. The maximum Gasteiger partial charge on any atom is 0.240 e. The molecule has 118 valence electrons. The van der Waals surface area contributed by atoms with E-state index in [-0.39, 0.29) is 4.90 Å². The molecule has 0 aliphatic carbocycles. The van der Waals surface area contributed by atoms with Crippen LogP contribution in [0.2, 0.25) is 5.02 Å². The van der Waals surface area contributed by atoms with Crippen LogP contribution < -0.4 is 9.62 Å². The Hall–Kier alpha value is -1.06. The van der Waals surface area contributed by atoms with Gasteiger partial charge in [-0.05, 0) is 30.2 Å². The lowest BCUT2D eigenvalue weighted by molar-refractivity contribution is -0.943. The maximum absolute atomic E-state index is 12.3. The van der Waals surface area contributed by atoms with Gasteiger partial charge < -0.3 is 4.90 Å². The predicted molar refractivity (Wildman–Crippen MR) is 86.2 cm³/mol. The van der Waals surface area contributed by atoms with Crippen LogP contribution in [0.1, 0.15) is 12.8 Å². The monoisotopic (exact) mass is 339 g/mol. The second-order valence-corrected chi connectivity index (χ2v) is 8.38. The fraction of sp³-hybridized carbons (Fsp3) is 0.500. The van der Waals surface area contributed by atoms with Gasteiger partial charge >= 0.3 is 0 Å². The molecule has 4 rings (SSSR count). The van der Waals surface area contributed by atoms with E-state index in [2.05, 4.69) is 10.6 Å². The minimum absolute atomic E-state index is 0.254. The van der Waals surface area contributed by atoms with Crippen molar-refractivity contribution >= 4 is 21.6 Å². The summed E-state index contributed by atoms with van der Waals surface area (Å²) >= 11 is 5.80. The zero-order chi connectivity index (χ0) is 15.7. The van der Waals surface area contributed by atoms with Gasteiger partial charge in [0.25, 0.3) is 0 Å². The van der Waals surface area contributed by atoms with Crippen molar-refractivity contribution < 1.29 is 13.3 Å². The molecule has 1 aromatic rings. The molecule has 1 aromatic carbocycles. The summed E-state index contributed by atoms with van der Waals surface area (Å²) in [5.74, 6) is 3.79. The first kappa shape index (κ1) is 15.8. The Labute approximate surface area is 136 Å². The van der Waals surface area contributed by atoms with Crippen molar-refractivity contribution in [1.82, 2.24) is 4.72 Å². The zero-order valence-electron chi connectivity index (χ0n) is 12.3. The van der Waals surface area contributed by atoms with E-state index in [0.29, 0.717) is 29.4 Å². The number of hydrogen-bond donors (Lipinski definition) is 2. The molecule has 0 amide bonds. The number of piperidine rings is 3. The molecule has 4 atom stereocenters. The summed E-state index contributed by atoms with van der Waals surface area (Å²) in [7, 11) is -3.47. The van der Waals surface area contributed by atoms with Gasteiger partial charge in [-0.3, -0.25) is 0 Å². The number of halogens is 1. The van der Waals surface area contributed by atoms with Gasteiger partial charge in [-0.25, -0.2) is 13.1 Å². The van der Waals surface area contributed by atoms with Crippen molar-refractivity contribution in [2.24, 2.45) is 11.8 Å². The highest BCUT2D eigenvalue weighted by Crippen LogP contribution is 2.26. The number of quaternary nitrogens is 1. The zero-order valence-corrected chi connectivity index (χ0v) is 13.8. The maximum atomic E-state index is 12.3. The van der Waals surface area contributed by atoms with Crippen LogP contribution in [0, 0.1) is 24.2 Å². The molecule has 2 N–H and O–H groups in total. The normalized spacial score (nSPS) is 30.9. The van der Waals surface area contributed by atoms with Crippen LogP contribution in [0.5, 0.6) is 0 Å². The van der Waals surface area contributed by atoms with Gasteiger partial charge in [0, 0.05) is 17.9 Å². The lowest BCUT2D eigenvalue weighted by atomic mass is 9.76. The van der Waals surface area contributed by atoms with Gasteiger partial charge in [-0.15, -0.1) is 6.42 Å². The van der Waals surface area contributed by atoms with E-state index < -0.39 is 10.0 Å². The molecule has 1 unspecified atom stereocenters. The van der Waals surface area contributed by atoms with E-state index in [1.807, 2.05) is 0 Å². The van der Waals surface area contributed by atoms with Crippen LogP contribution in [-0.4, -0.2) is 34.1 Å². The number of fused-ring (bicyclic) bond motifs is 3. The summed E-state index contributed by atoms with van der Waals surface area (Å²) < 4.78 is 27.4. The Bertz CT molecular complexity index is 681. The Morgan fingerprint density at radius 2 is 2.09 bits per heavy atom. The number of rotatable bonds is 4. The van der Waals surface area contributed by atoms with Crippen molar-refractivity contribution in [3.05, 3.63) is 29.3 Å². The van der Waals surface area contributed by atoms with Crippen molar-refractivity contribution in [1.29, 1.82) is 0 Å². The Morgan fingerprint density at radius 1 is 1.36 bits per heavy atom. The van der Waals surface area contributed by atoms with E-state index in [4.69, 9.17) is 18.0 Å².